The molecule has 2 aliphatic rings. The van der Waals surface area contributed by atoms with E-state index in [0.29, 0.717) is 50.6 Å². The molecule has 1 spiro atoms. The number of aryl methyl sites for hydroxylation is 1. The number of rotatable bonds is 4. The van der Waals surface area contributed by atoms with Crippen LogP contribution in [0.4, 0.5) is 5.69 Å². The maximum Gasteiger partial charge on any atom is 0.210 e. The second-order valence-corrected chi connectivity index (χ2v) is 10.2. The SMILES string of the molecule is COc1ccc2ncc(S(=O)(=O)c3ccc(C)cc3)c(N3CCC4(CC3)OCCO4)c2c1. The Hall–Kier alpha value is -2.68. The lowest BCUT2D eigenvalue weighted by atomic mass is 10.0. The van der Waals surface area contributed by atoms with Crippen LogP contribution in [0, 0.1) is 6.92 Å². The Labute approximate surface area is 187 Å². The highest BCUT2D eigenvalue weighted by Crippen LogP contribution is 2.40. The van der Waals surface area contributed by atoms with Crippen LogP contribution in [-0.4, -0.2) is 52.6 Å². The maximum atomic E-state index is 13.7. The number of hydrogen-bond acceptors (Lipinski definition) is 7. The molecule has 2 aromatic carbocycles. The van der Waals surface area contributed by atoms with Gasteiger partial charge in [-0.2, -0.15) is 0 Å². The zero-order chi connectivity index (χ0) is 22.3. The summed E-state index contributed by atoms with van der Waals surface area (Å²) in [5.41, 5.74) is 2.38. The van der Waals surface area contributed by atoms with Gasteiger partial charge in [0.1, 0.15) is 10.6 Å². The van der Waals surface area contributed by atoms with Crippen LogP contribution in [-0.2, 0) is 19.3 Å². The Balaban J connectivity index is 1.65. The van der Waals surface area contributed by atoms with Crippen LogP contribution in [0.15, 0.2) is 58.5 Å². The van der Waals surface area contributed by atoms with Gasteiger partial charge in [-0.15, -0.1) is 0 Å². The lowest BCUT2D eigenvalue weighted by molar-refractivity contribution is -0.169. The van der Waals surface area contributed by atoms with E-state index in [0.717, 1.165) is 16.5 Å². The Morgan fingerprint density at radius 2 is 1.72 bits per heavy atom. The van der Waals surface area contributed by atoms with Crippen molar-refractivity contribution in [2.45, 2.75) is 35.3 Å². The summed E-state index contributed by atoms with van der Waals surface area (Å²) in [6.45, 7) is 4.37. The second kappa shape index (κ2) is 8.03. The lowest BCUT2D eigenvalue weighted by Gasteiger charge is -2.39. The van der Waals surface area contributed by atoms with E-state index >= 15 is 0 Å². The molecule has 0 unspecified atom stereocenters. The zero-order valence-corrected chi connectivity index (χ0v) is 19.0. The van der Waals surface area contributed by atoms with Crippen LogP contribution in [0.5, 0.6) is 5.75 Å². The molecule has 0 amide bonds. The van der Waals surface area contributed by atoms with Crippen molar-refractivity contribution in [3.05, 3.63) is 54.2 Å². The minimum absolute atomic E-state index is 0.200. The van der Waals surface area contributed by atoms with Crippen molar-refractivity contribution >= 4 is 26.4 Å². The number of benzene rings is 2. The summed E-state index contributed by atoms with van der Waals surface area (Å²) in [5.74, 6) is 0.105. The standard InChI is InChI=1S/C24H26N2O5S/c1-17-3-6-19(7-4-17)32(27,28)22-16-25-21-8-5-18(29-2)15-20(21)23(22)26-11-9-24(10-12-26)30-13-14-31-24/h3-8,15-16H,9-14H2,1-2H3. The fourth-order valence-corrected chi connectivity index (χ4v) is 5.92. The van der Waals surface area contributed by atoms with Gasteiger partial charge in [0.05, 0.1) is 36.4 Å². The molecule has 2 saturated heterocycles. The van der Waals surface area contributed by atoms with Gasteiger partial charge in [-0.3, -0.25) is 4.98 Å². The van der Waals surface area contributed by atoms with Crippen molar-refractivity contribution < 1.29 is 22.6 Å². The Morgan fingerprint density at radius 3 is 2.38 bits per heavy atom. The minimum atomic E-state index is -3.78. The number of fused-ring (bicyclic) bond motifs is 1. The van der Waals surface area contributed by atoms with Gasteiger partial charge in [-0.05, 0) is 37.3 Å². The first-order valence-electron chi connectivity index (χ1n) is 10.7. The highest BCUT2D eigenvalue weighted by Gasteiger charge is 2.41. The maximum absolute atomic E-state index is 13.7. The molecular weight excluding hydrogens is 428 g/mol. The fraction of sp³-hybridized carbons (Fsp3) is 0.375. The number of ether oxygens (including phenoxy) is 3. The molecule has 168 valence electrons. The van der Waals surface area contributed by atoms with Crippen molar-refractivity contribution in [2.75, 3.05) is 38.3 Å². The van der Waals surface area contributed by atoms with E-state index in [9.17, 15) is 8.42 Å². The van der Waals surface area contributed by atoms with Gasteiger partial charge >= 0.3 is 0 Å². The molecule has 32 heavy (non-hydrogen) atoms. The van der Waals surface area contributed by atoms with Gasteiger partial charge in [-0.25, -0.2) is 8.42 Å². The number of sulfone groups is 1. The quantitative estimate of drug-likeness (QED) is 0.594. The molecule has 0 N–H and O–H groups in total. The first-order chi connectivity index (χ1) is 15.4. The van der Waals surface area contributed by atoms with Crippen molar-refractivity contribution in [3.63, 3.8) is 0 Å². The van der Waals surface area contributed by atoms with E-state index < -0.39 is 15.6 Å². The predicted molar refractivity (Wildman–Crippen MR) is 121 cm³/mol. The number of methoxy groups -OCH3 is 1. The molecule has 7 nitrogen and oxygen atoms in total. The van der Waals surface area contributed by atoms with Crippen molar-refractivity contribution in [3.8, 4) is 5.75 Å². The number of aromatic nitrogens is 1. The van der Waals surface area contributed by atoms with E-state index in [1.165, 1.54) is 6.20 Å². The average molecular weight is 455 g/mol. The molecule has 0 radical (unpaired) electrons. The predicted octanol–water partition coefficient (Wildman–Crippen LogP) is 3.73. The summed E-state index contributed by atoms with van der Waals surface area (Å²) in [5, 5.41) is 0.752. The Kier molecular flexibility index (Phi) is 5.31. The van der Waals surface area contributed by atoms with E-state index in [1.807, 2.05) is 37.3 Å². The van der Waals surface area contributed by atoms with Crippen LogP contribution in [0.1, 0.15) is 18.4 Å². The van der Waals surface area contributed by atoms with Gasteiger partial charge < -0.3 is 19.1 Å². The molecule has 5 rings (SSSR count). The second-order valence-electron chi connectivity index (χ2n) is 8.27. The molecule has 8 heteroatoms. The van der Waals surface area contributed by atoms with Crippen molar-refractivity contribution in [1.82, 2.24) is 4.98 Å². The third kappa shape index (κ3) is 3.62. The summed E-state index contributed by atoms with van der Waals surface area (Å²) in [6, 6.07) is 12.5. The third-order valence-corrected chi connectivity index (χ3v) is 8.06. The number of nitrogens with zero attached hydrogens (tertiary/aromatic N) is 2. The molecule has 2 fully saturated rings. The van der Waals surface area contributed by atoms with Crippen LogP contribution < -0.4 is 9.64 Å². The lowest BCUT2D eigenvalue weighted by Crippen LogP contribution is -2.45. The third-order valence-electron chi connectivity index (χ3n) is 6.29. The highest BCUT2D eigenvalue weighted by molar-refractivity contribution is 7.91. The Bertz CT molecular complexity index is 1240. The number of hydrogen-bond donors (Lipinski definition) is 0. The first-order valence-corrected chi connectivity index (χ1v) is 12.2. The van der Waals surface area contributed by atoms with E-state index in [-0.39, 0.29) is 9.79 Å². The molecule has 3 aromatic rings. The van der Waals surface area contributed by atoms with Gasteiger partial charge in [0, 0.05) is 37.5 Å². The first kappa shape index (κ1) is 21.2. The van der Waals surface area contributed by atoms with E-state index in [4.69, 9.17) is 14.2 Å². The topological polar surface area (TPSA) is 78.0 Å². The van der Waals surface area contributed by atoms with Crippen LogP contribution in [0.2, 0.25) is 0 Å². The zero-order valence-electron chi connectivity index (χ0n) is 18.2. The monoisotopic (exact) mass is 454 g/mol. The summed E-state index contributed by atoms with van der Waals surface area (Å²) >= 11 is 0. The number of anilines is 1. The van der Waals surface area contributed by atoms with Gasteiger partial charge in [0.25, 0.3) is 0 Å². The molecule has 3 heterocycles. The summed E-state index contributed by atoms with van der Waals surface area (Å²) < 4.78 is 44.6. The molecule has 0 aliphatic carbocycles. The highest BCUT2D eigenvalue weighted by atomic mass is 32.2. The average Bonchev–Trinajstić information content (AvgIpc) is 3.26. The number of piperidine rings is 1. The largest absolute Gasteiger partial charge is 0.497 e. The molecule has 0 bridgehead atoms. The number of pyridine rings is 1. The van der Waals surface area contributed by atoms with Crippen LogP contribution >= 0.6 is 0 Å². The summed E-state index contributed by atoms with van der Waals surface area (Å²) in [4.78, 5) is 7.05. The van der Waals surface area contributed by atoms with Crippen molar-refractivity contribution in [1.29, 1.82) is 0 Å². The van der Waals surface area contributed by atoms with Crippen LogP contribution in [0.25, 0.3) is 10.9 Å². The fourth-order valence-electron chi connectivity index (χ4n) is 4.49. The Morgan fingerprint density at radius 1 is 1.03 bits per heavy atom. The summed E-state index contributed by atoms with van der Waals surface area (Å²) in [7, 11) is -2.18. The van der Waals surface area contributed by atoms with E-state index in [1.54, 1.807) is 19.2 Å². The molecule has 1 aromatic heterocycles. The summed E-state index contributed by atoms with van der Waals surface area (Å²) in [6.07, 6.45) is 2.82. The molecular formula is C24H26N2O5S. The minimum Gasteiger partial charge on any atom is -0.497 e. The van der Waals surface area contributed by atoms with Crippen LogP contribution in [0.3, 0.4) is 0 Å². The van der Waals surface area contributed by atoms with Gasteiger partial charge in [0.2, 0.25) is 9.84 Å². The van der Waals surface area contributed by atoms with Gasteiger partial charge in [-0.1, -0.05) is 17.7 Å². The molecule has 0 saturated carbocycles. The molecule has 2 aliphatic heterocycles. The van der Waals surface area contributed by atoms with Crippen molar-refractivity contribution in [2.24, 2.45) is 0 Å². The smallest absolute Gasteiger partial charge is 0.210 e. The molecule has 0 atom stereocenters. The van der Waals surface area contributed by atoms with Gasteiger partial charge in [0.15, 0.2) is 5.79 Å². The van der Waals surface area contributed by atoms with E-state index in [2.05, 4.69) is 9.88 Å². The normalized spacial score (nSPS) is 18.4.